The van der Waals surface area contributed by atoms with Gasteiger partial charge in [0.05, 0.1) is 23.3 Å². The Balaban J connectivity index is 1.53. The number of H-pyrrole nitrogens is 1. The molecule has 1 aliphatic heterocycles. The van der Waals surface area contributed by atoms with E-state index in [1.165, 1.54) is 0 Å². The number of fused-ring (bicyclic) bond motifs is 5. The molecule has 3 N–H and O–H groups in total. The molecule has 0 unspecified atom stereocenters. The van der Waals surface area contributed by atoms with Gasteiger partial charge < -0.3 is 19.8 Å². The molecule has 0 spiro atoms. The zero-order valence-corrected chi connectivity index (χ0v) is 17.9. The van der Waals surface area contributed by atoms with Crippen LogP contribution in [-0.2, 0) is 11.3 Å². The Morgan fingerprint density at radius 3 is 2.76 bits per heavy atom. The second-order valence-electron chi connectivity index (χ2n) is 7.74. The summed E-state index contributed by atoms with van der Waals surface area (Å²) in [7, 11) is 0. The fourth-order valence-electron chi connectivity index (χ4n) is 4.01. The average molecular weight is 453 g/mol. The molecule has 5 heterocycles. The van der Waals surface area contributed by atoms with Crippen LogP contribution in [-0.4, -0.2) is 44.5 Å². The maximum Gasteiger partial charge on any atom is 0.233 e. The van der Waals surface area contributed by atoms with Crippen LogP contribution in [0.2, 0.25) is 0 Å². The predicted octanol–water partition coefficient (Wildman–Crippen LogP) is 3.52. The first-order valence-corrected chi connectivity index (χ1v) is 10.7. The van der Waals surface area contributed by atoms with Crippen LogP contribution >= 0.6 is 0 Å². The number of aromatic amines is 1. The van der Waals surface area contributed by atoms with Gasteiger partial charge in [-0.05, 0) is 35.4 Å². The maximum atomic E-state index is 11.0. The third kappa shape index (κ3) is 3.71. The fraction of sp³-hybridized carbons (Fsp3) is 0.125. The molecular weight excluding hydrogens is 434 g/mol. The molecule has 6 rings (SSSR count). The lowest BCUT2D eigenvalue weighted by Crippen LogP contribution is -2.10. The number of carbonyl (C=O) groups is 1. The summed E-state index contributed by atoms with van der Waals surface area (Å²) in [5.41, 5.74) is 4.26. The van der Waals surface area contributed by atoms with Crippen molar-refractivity contribution in [2.75, 3.05) is 23.8 Å². The Bertz CT molecular complexity index is 1530. The van der Waals surface area contributed by atoms with Crippen molar-refractivity contribution < 1.29 is 14.3 Å². The van der Waals surface area contributed by atoms with Crippen molar-refractivity contribution in [2.24, 2.45) is 0 Å². The van der Waals surface area contributed by atoms with Crippen molar-refractivity contribution in [1.82, 2.24) is 24.9 Å². The van der Waals surface area contributed by atoms with Crippen LogP contribution in [0.25, 0.3) is 33.1 Å². The number of hydrogen-bond acceptors (Lipinski definition) is 8. The molecular formula is C24H19N7O3. The fourth-order valence-corrected chi connectivity index (χ4v) is 4.01. The highest BCUT2D eigenvalue weighted by Gasteiger charge is 2.16. The molecule has 1 aromatic carbocycles. The largest absolute Gasteiger partial charge is 0.488 e. The van der Waals surface area contributed by atoms with Crippen LogP contribution in [0.1, 0.15) is 5.56 Å². The lowest BCUT2D eigenvalue weighted by molar-refractivity contribution is -0.105. The van der Waals surface area contributed by atoms with Gasteiger partial charge in [-0.3, -0.25) is 20.1 Å². The number of ether oxygens (including phenoxy) is 2. The molecule has 5 aromatic rings. The summed E-state index contributed by atoms with van der Waals surface area (Å²) < 4.78 is 11.7. The number of nitrogens with one attached hydrogen (secondary N) is 3. The third-order valence-corrected chi connectivity index (χ3v) is 5.54. The van der Waals surface area contributed by atoms with Gasteiger partial charge in [0.1, 0.15) is 36.2 Å². The molecule has 168 valence electrons. The average Bonchev–Trinajstić information content (AvgIpc) is 3.29. The van der Waals surface area contributed by atoms with Crippen molar-refractivity contribution in [1.29, 1.82) is 0 Å². The van der Waals surface area contributed by atoms with Crippen molar-refractivity contribution in [3.05, 3.63) is 60.7 Å². The number of carbonyl (C=O) groups excluding carboxylic acids is 1. The summed E-state index contributed by atoms with van der Waals surface area (Å²) >= 11 is 0. The molecule has 0 radical (unpaired) electrons. The predicted molar refractivity (Wildman–Crippen MR) is 127 cm³/mol. The number of benzene rings is 1. The first-order valence-electron chi connectivity index (χ1n) is 10.7. The van der Waals surface area contributed by atoms with Gasteiger partial charge in [0.2, 0.25) is 12.4 Å². The number of pyridine rings is 2. The molecule has 10 heteroatoms. The highest BCUT2D eigenvalue weighted by Crippen LogP contribution is 2.35. The summed E-state index contributed by atoms with van der Waals surface area (Å²) in [5.74, 6) is 2.09. The molecule has 0 aliphatic carbocycles. The van der Waals surface area contributed by atoms with Gasteiger partial charge in [-0.1, -0.05) is 6.07 Å². The van der Waals surface area contributed by atoms with Crippen LogP contribution in [0.4, 0.5) is 11.8 Å². The van der Waals surface area contributed by atoms with Crippen LogP contribution < -0.4 is 20.1 Å². The van der Waals surface area contributed by atoms with E-state index in [1.54, 1.807) is 18.6 Å². The monoisotopic (exact) mass is 453 g/mol. The second kappa shape index (κ2) is 8.32. The Morgan fingerprint density at radius 2 is 1.88 bits per heavy atom. The summed E-state index contributed by atoms with van der Waals surface area (Å²) in [5, 5.41) is 7.65. The van der Waals surface area contributed by atoms with E-state index in [-0.39, 0.29) is 5.95 Å². The minimum Gasteiger partial charge on any atom is -0.488 e. The Hall–Kier alpha value is -4.73. The lowest BCUT2D eigenvalue weighted by Gasteiger charge is -2.11. The number of amides is 1. The van der Waals surface area contributed by atoms with Crippen molar-refractivity contribution in [2.45, 2.75) is 6.54 Å². The molecule has 10 nitrogen and oxygen atoms in total. The molecule has 0 saturated carbocycles. The van der Waals surface area contributed by atoms with Crippen LogP contribution in [0.15, 0.2) is 55.1 Å². The third-order valence-electron chi connectivity index (χ3n) is 5.54. The zero-order valence-electron chi connectivity index (χ0n) is 17.9. The zero-order chi connectivity index (χ0) is 22.9. The summed E-state index contributed by atoms with van der Waals surface area (Å²) in [4.78, 5) is 32.0. The highest BCUT2D eigenvalue weighted by atomic mass is 16.5. The van der Waals surface area contributed by atoms with E-state index in [1.807, 2.05) is 30.5 Å². The van der Waals surface area contributed by atoms with E-state index in [0.29, 0.717) is 49.1 Å². The first-order chi connectivity index (χ1) is 16.8. The normalized spacial score (nSPS) is 13.2. The van der Waals surface area contributed by atoms with Crippen LogP contribution in [0.3, 0.4) is 0 Å². The minimum absolute atomic E-state index is 0.198. The van der Waals surface area contributed by atoms with Crippen LogP contribution in [0.5, 0.6) is 11.5 Å². The Labute approximate surface area is 193 Å². The van der Waals surface area contributed by atoms with E-state index in [9.17, 15) is 4.79 Å². The highest BCUT2D eigenvalue weighted by molar-refractivity contribution is 6.03. The quantitative estimate of drug-likeness (QED) is 0.347. The topological polar surface area (TPSA) is 127 Å². The Morgan fingerprint density at radius 1 is 1.00 bits per heavy atom. The summed E-state index contributed by atoms with van der Waals surface area (Å²) in [6.45, 7) is 1.19. The molecule has 0 saturated heterocycles. The van der Waals surface area contributed by atoms with Crippen molar-refractivity contribution >= 4 is 40.1 Å². The van der Waals surface area contributed by atoms with Gasteiger partial charge in [0.25, 0.3) is 0 Å². The van der Waals surface area contributed by atoms with E-state index in [2.05, 4.69) is 41.6 Å². The number of hydrogen-bond donors (Lipinski definition) is 3. The SMILES string of the molecule is O=CNc1nc2c3c(c[nH]c3n1)-c1ccc3ncc(cc3c1)OCCOc1cncc(c1)CN2. The van der Waals surface area contributed by atoms with Gasteiger partial charge in [-0.2, -0.15) is 9.97 Å². The minimum atomic E-state index is 0.198. The van der Waals surface area contributed by atoms with E-state index >= 15 is 0 Å². The molecule has 5 bridgehead atoms. The molecule has 34 heavy (non-hydrogen) atoms. The molecule has 0 fully saturated rings. The summed E-state index contributed by atoms with van der Waals surface area (Å²) in [6.07, 6.45) is 7.57. The first kappa shape index (κ1) is 19.9. The number of aromatic nitrogens is 5. The molecule has 4 aromatic heterocycles. The molecule has 1 amide bonds. The van der Waals surface area contributed by atoms with E-state index in [4.69, 9.17) is 9.47 Å². The van der Waals surface area contributed by atoms with Crippen LogP contribution in [0, 0.1) is 0 Å². The maximum absolute atomic E-state index is 11.0. The van der Waals surface area contributed by atoms with Gasteiger partial charge >= 0.3 is 0 Å². The van der Waals surface area contributed by atoms with Gasteiger partial charge in [-0.25, -0.2) is 0 Å². The Kier molecular flexibility index (Phi) is 4.87. The summed E-state index contributed by atoms with van der Waals surface area (Å²) in [6, 6.07) is 9.91. The number of rotatable bonds is 2. The molecule has 0 atom stereocenters. The van der Waals surface area contributed by atoms with Crippen molar-refractivity contribution in [3.8, 4) is 22.6 Å². The van der Waals surface area contributed by atoms with Gasteiger partial charge in [-0.15, -0.1) is 0 Å². The van der Waals surface area contributed by atoms with E-state index in [0.717, 1.165) is 33.0 Å². The molecule has 1 aliphatic rings. The van der Waals surface area contributed by atoms with Gasteiger partial charge in [0, 0.05) is 29.9 Å². The van der Waals surface area contributed by atoms with Crippen molar-refractivity contribution in [3.63, 3.8) is 0 Å². The standard InChI is InChI=1S/C24H19N7O3/c32-13-29-24-30-22-21-19(12-28-23(21)31-24)15-1-2-20-16(6-15)7-18(11-26-20)34-4-3-33-17-5-14(9-27-22)8-25-10-17/h1-2,5-8,10-13H,3-4,9H2,(H3,27,28,29,30,31,32). The van der Waals surface area contributed by atoms with Gasteiger partial charge in [0.15, 0.2) is 0 Å². The lowest BCUT2D eigenvalue weighted by atomic mass is 10.0. The smallest absolute Gasteiger partial charge is 0.233 e. The number of anilines is 2. The second-order valence-corrected chi connectivity index (χ2v) is 7.74. The van der Waals surface area contributed by atoms with E-state index < -0.39 is 0 Å². The number of nitrogens with zero attached hydrogens (tertiary/aromatic N) is 4.